The molecular formula is C15H22N2O. The van der Waals surface area contributed by atoms with E-state index < -0.39 is 0 Å². The summed E-state index contributed by atoms with van der Waals surface area (Å²) in [7, 11) is 1.85. The Bertz CT molecular complexity index is 456. The topological polar surface area (TPSA) is 46.3 Å². The molecule has 3 heteroatoms. The zero-order valence-corrected chi connectivity index (χ0v) is 11.4. The first-order chi connectivity index (χ1) is 8.50. The van der Waals surface area contributed by atoms with Crippen LogP contribution in [0.3, 0.4) is 0 Å². The third-order valence-corrected chi connectivity index (χ3v) is 3.93. The molecule has 2 unspecified atom stereocenters. The lowest BCUT2D eigenvalue weighted by molar-refractivity contribution is -0.122. The number of carbonyl (C=O) groups is 1. The Kier molecular flexibility index (Phi) is 3.71. The van der Waals surface area contributed by atoms with Crippen molar-refractivity contribution >= 4 is 11.6 Å². The van der Waals surface area contributed by atoms with Gasteiger partial charge in [-0.05, 0) is 38.3 Å². The zero-order chi connectivity index (χ0) is 13.3. The lowest BCUT2D eigenvalue weighted by Crippen LogP contribution is -2.40. The van der Waals surface area contributed by atoms with E-state index in [0.717, 1.165) is 30.5 Å². The molecule has 0 bridgehead atoms. The Morgan fingerprint density at radius 2 is 2.06 bits per heavy atom. The Labute approximate surface area is 109 Å². The molecule has 0 radical (unpaired) electrons. The number of aryl methyl sites for hydroxylation is 2. The molecule has 98 valence electrons. The standard InChI is InChI=1S/C15H22N2O/c1-10-7-8-14(11(2)9-10)17(3)15(18)12-5-4-6-13(12)16/h7-9,12-13H,4-6,16H2,1-3H3. The van der Waals surface area contributed by atoms with Crippen LogP contribution in [0.1, 0.15) is 30.4 Å². The van der Waals surface area contributed by atoms with Crippen LogP contribution in [0.2, 0.25) is 0 Å². The van der Waals surface area contributed by atoms with Crippen molar-refractivity contribution in [2.75, 3.05) is 11.9 Å². The maximum atomic E-state index is 12.4. The molecule has 0 saturated heterocycles. The highest BCUT2D eigenvalue weighted by molar-refractivity contribution is 5.95. The summed E-state index contributed by atoms with van der Waals surface area (Å²) in [4.78, 5) is 14.2. The van der Waals surface area contributed by atoms with Gasteiger partial charge in [-0.3, -0.25) is 4.79 Å². The van der Waals surface area contributed by atoms with Gasteiger partial charge in [-0.1, -0.05) is 24.1 Å². The highest BCUT2D eigenvalue weighted by Crippen LogP contribution is 2.28. The van der Waals surface area contributed by atoms with Crippen LogP contribution in [-0.2, 0) is 4.79 Å². The van der Waals surface area contributed by atoms with Crippen LogP contribution in [-0.4, -0.2) is 19.0 Å². The molecule has 1 aromatic carbocycles. The monoisotopic (exact) mass is 246 g/mol. The van der Waals surface area contributed by atoms with Crippen LogP contribution in [0.25, 0.3) is 0 Å². The van der Waals surface area contributed by atoms with Gasteiger partial charge in [0.15, 0.2) is 0 Å². The summed E-state index contributed by atoms with van der Waals surface area (Å²) < 4.78 is 0. The average Bonchev–Trinajstić information content (AvgIpc) is 2.74. The largest absolute Gasteiger partial charge is 0.327 e. The van der Waals surface area contributed by atoms with Crippen LogP contribution in [0.5, 0.6) is 0 Å². The number of carbonyl (C=O) groups excluding carboxylic acids is 1. The van der Waals surface area contributed by atoms with Gasteiger partial charge in [-0.15, -0.1) is 0 Å². The fourth-order valence-corrected chi connectivity index (χ4v) is 2.84. The molecule has 0 aromatic heterocycles. The fourth-order valence-electron chi connectivity index (χ4n) is 2.84. The molecule has 2 atom stereocenters. The van der Waals surface area contributed by atoms with Crippen LogP contribution in [0.15, 0.2) is 18.2 Å². The molecule has 1 aromatic rings. The van der Waals surface area contributed by atoms with Crippen molar-refractivity contribution in [2.24, 2.45) is 11.7 Å². The first-order valence-electron chi connectivity index (χ1n) is 6.61. The summed E-state index contributed by atoms with van der Waals surface area (Å²) in [5, 5.41) is 0. The van der Waals surface area contributed by atoms with Crippen molar-refractivity contribution in [1.82, 2.24) is 0 Å². The molecule has 1 saturated carbocycles. The van der Waals surface area contributed by atoms with Crippen molar-refractivity contribution in [3.63, 3.8) is 0 Å². The highest BCUT2D eigenvalue weighted by atomic mass is 16.2. The molecule has 2 rings (SSSR count). The fraction of sp³-hybridized carbons (Fsp3) is 0.533. The van der Waals surface area contributed by atoms with Crippen molar-refractivity contribution in [1.29, 1.82) is 0 Å². The van der Waals surface area contributed by atoms with E-state index in [2.05, 4.69) is 13.0 Å². The number of amides is 1. The Hall–Kier alpha value is -1.35. The minimum atomic E-state index is -0.00398. The number of hydrogen-bond acceptors (Lipinski definition) is 2. The Morgan fingerprint density at radius 3 is 2.61 bits per heavy atom. The van der Waals surface area contributed by atoms with Crippen LogP contribution in [0, 0.1) is 19.8 Å². The van der Waals surface area contributed by atoms with Gasteiger partial charge in [-0.2, -0.15) is 0 Å². The quantitative estimate of drug-likeness (QED) is 0.871. The molecule has 1 amide bonds. The summed E-state index contributed by atoms with van der Waals surface area (Å²) in [5.41, 5.74) is 9.35. The van der Waals surface area contributed by atoms with Crippen LogP contribution in [0.4, 0.5) is 5.69 Å². The van der Waals surface area contributed by atoms with Crippen LogP contribution < -0.4 is 10.6 Å². The average molecular weight is 246 g/mol. The molecule has 0 spiro atoms. The molecule has 1 fully saturated rings. The summed E-state index contributed by atoms with van der Waals surface area (Å²) in [6.07, 6.45) is 2.96. The second-order valence-electron chi connectivity index (χ2n) is 5.39. The summed E-state index contributed by atoms with van der Waals surface area (Å²) in [5.74, 6) is 0.155. The van der Waals surface area contributed by atoms with E-state index in [-0.39, 0.29) is 17.9 Å². The zero-order valence-electron chi connectivity index (χ0n) is 11.4. The molecule has 18 heavy (non-hydrogen) atoms. The van der Waals surface area contributed by atoms with Gasteiger partial charge in [0.1, 0.15) is 0 Å². The number of anilines is 1. The lowest BCUT2D eigenvalue weighted by atomic mass is 10.0. The summed E-state index contributed by atoms with van der Waals surface area (Å²) >= 11 is 0. The van der Waals surface area contributed by atoms with E-state index in [9.17, 15) is 4.79 Å². The van der Waals surface area contributed by atoms with E-state index in [0.29, 0.717) is 0 Å². The molecule has 1 aliphatic carbocycles. The normalized spacial score (nSPS) is 23.1. The van der Waals surface area contributed by atoms with Crippen molar-refractivity contribution in [3.05, 3.63) is 29.3 Å². The van der Waals surface area contributed by atoms with E-state index in [1.807, 2.05) is 26.1 Å². The molecule has 1 aliphatic rings. The van der Waals surface area contributed by atoms with E-state index in [4.69, 9.17) is 5.73 Å². The highest BCUT2D eigenvalue weighted by Gasteiger charge is 2.32. The van der Waals surface area contributed by atoms with Crippen LogP contribution >= 0.6 is 0 Å². The maximum Gasteiger partial charge on any atom is 0.231 e. The molecular weight excluding hydrogens is 224 g/mol. The molecule has 0 aliphatic heterocycles. The van der Waals surface area contributed by atoms with Gasteiger partial charge < -0.3 is 10.6 Å². The smallest absolute Gasteiger partial charge is 0.231 e. The van der Waals surface area contributed by atoms with E-state index in [1.165, 1.54) is 5.56 Å². The van der Waals surface area contributed by atoms with Crippen molar-refractivity contribution in [3.8, 4) is 0 Å². The summed E-state index contributed by atoms with van der Waals surface area (Å²) in [6, 6.07) is 6.20. The van der Waals surface area contributed by atoms with Crippen molar-refractivity contribution < 1.29 is 4.79 Å². The molecule has 0 heterocycles. The third kappa shape index (κ3) is 2.41. The number of benzene rings is 1. The predicted octanol–water partition coefficient (Wildman–Crippen LogP) is 2.39. The van der Waals surface area contributed by atoms with Gasteiger partial charge in [0, 0.05) is 18.8 Å². The van der Waals surface area contributed by atoms with E-state index >= 15 is 0 Å². The minimum absolute atomic E-state index is 0.00398. The first kappa shape index (κ1) is 13.1. The molecule has 2 N–H and O–H groups in total. The van der Waals surface area contributed by atoms with Gasteiger partial charge in [0.25, 0.3) is 0 Å². The maximum absolute atomic E-state index is 12.4. The van der Waals surface area contributed by atoms with Crippen molar-refractivity contribution in [2.45, 2.75) is 39.2 Å². The number of rotatable bonds is 2. The van der Waals surface area contributed by atoms with Gasteiger partial charge in [0.05, 0.1) is 5.92 Å². The lowest BCUT2D eigenvalue weighted by Gasteiger charge is -2.25. The molecule has 3 nitrogen and oxygen atoms in total. The van der Waals surface area contributed by atoms with E-state index in [1.54, 1.807) is 4.90 Å². The third-order valence-electron chi connectivity index (χ3n) is 3.93. The SMILES string of the molecule is Cc1ccc(N(C)C(=O)C2CCCC2N)c(C)c1. The number of nitrogens with zero attached hydrogens (tertiary/aromatic N) is 1. The van der Waals surface area contributed by atoms with Gasteiger partial charge in [0.2, 0.25) is 5.91 Å². The number of nitrogens with two attached hydrogens (primary N) is 1. The predicted molar refractivity (Wildman–Crippen MR) is 74.6 cm³/mol. The second kappa shape index (κ2) is 5.11. The summed E-state index contributed by atoms with van der Waals surface area (Å²) in [6.45, 7) is 4.10. The minimum Gasteiger partial charge on any atom is -0.327 e. The Morgan fingerprint density at radius 1 is 1.33 bits per heavy atom. The Balaban J connectivity index is 2.20. The van der Waals surface area contributed by atoms with Gasteiger partial charge in [-0.25, -0.2) is 0 Å². The van der Waals surface area contributed by atoms with Gasteiger partial charge >= 0.3 is 0 Å². The second-order valence-corrected chi connectivity index (χ2v) is 5.39. The first-order valence-corrected chi connectivity index (χ1v) is 6.61. The number of hydrogen-bond donors (Lipinski definition) is 1.